The summed E-state index contributed by atoms with van der Waals surface area (Å²) in [4.78, 5) is 0. The highest BCUT2D eigenvalue weighted by molar-refractivity contribution is 5.10. The van der Waals surface area contributed by atoms with Crippen molar-refractivity contribution in [3.05, 3.63) is 12.7 Å². The lowest BCUT2D eigenvalue weighted by Gasteiger charge is -2.62. The van der Waals surface area contributed by atoms with E-state index < -0.39 is 11.2 Å². The molecule has 0 aromatic carbocycles. The van der Waals surface area contributed by atoms with Crippen molar-refractivity contribution in [2.45, 2.75) is 116 Å². The van der Waals surface area contributed by atoms with Crippen LogP contribution in [0.2, 0.25) is 0 Å². The van der Waals surface area contributed by atoms with Gasteiger partial charge in [0, 0.05) is 0 Å². The number of rotatable bonds is 5. The third kappa shape index (κ3) is 3.72. The monoisotopic (exact) mass is 416 g/mol. The molecule has 0 saturated heterocycles. The third-order valence-electron chi connectivity index (χ3n) is 11.3. The molecular formula is C28H48O2. The average Bonchev–Trinajstić information content (AvgIpc) is 3.04. The molecule has 0 amide bonds. The molecule has 2 N–H and O–H groups in total. The van der Waals surface area contributed by atoms with E-state index in [1.165, 1.54) is 44.9 Å². The summed E-state index contributed by atoms with van der Waals surface area (Å²) in [5.41, 5.74) is -0.205. The van der Waals surface area contributed by atoms with E-state index in [0.717, 1.165) is 55.3 Å². The molecule has 10 atom stereocenters. The molecule has 0 aromatic heterocycles. The van der Waals surface area contributed by atoms with Crippen molar-refractivity contribution in [1.29, 1.82) is 0 Å². The van der Waals surface area contributed by atoms with Crippen molar-refractivity contribution in [2.24, 2.45) is 46.3 Å². The van der Waals surface area contributed by atoms with Gasteiger partial charge in [-0.25, -0.2) is 0 Å². The molecule has 2 heteroatoms. The first kappa shape index (κ1) is 22.8. The zero-order valence-electron chi connectivity index (χ0n) is 20.4. The summed E-state index contributed by atoms with van der Waals surface area (Å²) in [6.45, 7) is 15.5. The molecule has 4 rings (SSSR count). The van der Waals surface area contributed by atoms with E-state index in [-0.39, 0.29) is 0 Å². The molecule has 4 aliphatic carbocycles. The summed E-state index contributed by atoms with van der Waals surface area (Å²) in [5, 5.41) is 21.1. The zero-order chi connectivity index (χ0) is 21.9. The third-order valence-corrected chi connectivity index (χ3v) is 11.3. The van der Waals surface area contributed by atoms with Gasteiger partial charge in [-0.3, -0.25) is 0 Å². The van der Waals surface area contributed by atoms with E-state index >= 15 is 0 Å². The van der Waals surface area contributed by atoms with E-state index in [9.17, 15) is 10.2 Å². The number of hydrogen-bond acceptors (Lipinski definition) is 2. The van der Waals surface area contributed by atoms with Gasteiger partial charge in [0.1, 0.15) is 0 Å². The molecule has 0 heterocycles. The number of hydrogen-bond donors (Lipinski definition) is 2. The van der Waals surface area contributed by atoms with E-state index in [4.69, 9.17) is 0 Å². The SMILES string of the molecule is C=CC(C)(O)CC[C@@H](C)C1CC[C@H]2[C@@H]3CC[C@H]4C[C@@](C)(O)CC[C@]4(C)[C@H]3CC[C@]12C. The maximum Gasteiger partial charge on any atom is 0.0797 e. The van der Waals surface area contributed by atoms with Crippen molar-refractivity contribution in [3.63, 3.8) is 0 Å². The maximum atomic E-state index is 10.7. The van der Waals surface area contributed by atoms with Crippen molar-refractivity contribution in [3.8, 4) is 0 Å². The second kappa shape index (κ2) is 7.62. The van der Waals surface area contributed by atoms with E-state index in [0.29, 0.717) is 16.7 Å². The van der Waals surface area contributed by atoms with Gasteiger partial charge in [0.2, 0.25) is 0 Å². The molecule has 2 unspecified atom stereocenters. The van der Waals surface area contributed by atoms with Crippen LogP contribution in [0, 0.1) is 46.3 Å². The fourth-order valence-electron chi connectivity index (χ4n) is 9.23. The van der Waals surface area contributed by atoms with Gasteiger partial charge in [0.15, 0.2) is 0 Å². The van der Waals surface area contributed by atoms with Gasteiger partial charge in [-0.05, 0) is 131 Å². The molecule has 30 heavy (non-hydrogen) atoms. The minimum absolute atomic E-state index is 0.430. The molecule has 0 aliphatic heterocycles. The van der Waals surface area contributed by atoms with Crippen LogP contribution in [0.15, 0.2) is 12.7 Å². The van der Waals surface area contributed by atoms with Crippen LogP contribution in [0.3, 0.4) is 0 Å². The summed E-state index contributed by atoms with van der Waals surface area (Å²) in [6, 6.07) is 0. The number of aliphatic hydroxyl groups is 2. The van der Waals surface area contributed by atoms with Gasteiger partial charge in [-0.15, -0.1) is 6.58 Å². The Morgan fingerprint density at radius 2 is 1.70 bits per heavy atom. The molecule has 4 fully saturated rings. The summed E-state index contributed by atoms with van der Waals surface area (Å²) < 4.78 is 0. The Kier molecular flexibility index (Phi) is 5.80. The minimum atomic E-state index is -0.722. The van der Waals surface area contributed by atoms with Crippen LogP contribution >= 0.6 is 0 Å². The molecule has 2 nitrogen and oxygen atoms in total. The van der Waals surface area contributed by atoms with Gasteiger partial charge in [-0.2, -0.15) is 0 Å². The lowest BCUT2D eigenvalue weighted by molar-refractivity contribution is -0.148. The average molecular weight is 417 g/mol. The Balaban J connectivity index is 1.48. The largest absolute Gasteiger partial charge is 0.390 e. The van der Waals surface area contributed by atoms with Crippen LogP contribution in [-0.4, -0.2) is 21.4 Å². The Labute approximate surface area is 185 Å². The second-order valence-electron chi connectivity index (χ2n) is 13.2. The first-order valence-corrected chi connectivity index (χ1v) is 13.0. The standard InChI is InChI=1S/C28H48O2/c1-7-25(3,29)14-12-19(2)22-10-11-23-21-9-8-20-18-26(4,30)16-17-27(20,5)24(21)13-15-28(22,23)6/h7,19-24,29-30H,1,8-18H2,2-6H3/t19-,20+,21+,22?,23+,24+,25?,26+,27+,28-/m1/s1. The van der Waals surface area contributed by atoms with Crippen LogP contribution in [0.25, 0.3) is 0 Å². The molecule has 0 aromatic rings. The Morgan fingerprint density at radius 3 is 2.40 bits per heavy atom. The van der Waals surface area contributed by atoms with E-state index in [1.54, 1.807) is 6.08 Å². The molecule has 0 bridgehead atoms. The van der Waals surface area contributed by atoms with Gasteiger partial charge in [-0.1, -0.05) is 26.8 Å². The molecular weight excluding hydrogens is 368 g/mol. The molecule has 4 aliphatic rings. The minimum Gasteiger partial charge on any atom is -0.390 e. The van der Waals surface area contributed by atoms with E-state index in [1.807, 2.05) is 6.92 Å². The summed E-state index contributed by atoms with van der Waals surface area (Å²) in [6.07, 6.45) is 15.2. The maximum absolute atomic E-state index is 10.7. The van der Waals surface area contributed by atoms with Crippen LogP contribution < -0.4 is 0 Å². The Hall–Kier alpha value is -0.340. The van der Waals surface area contributed by atoms with Crippen molar-refractivity contribution < 1.29 is 10.2 Å². The first-order valence-electron chi connectivity index (χ1n) is 13.0. The van der Waals surface area contributed by atoms with Crippen LogP contribution in [0.4, 0.5) is 0 Å². The Morgan fingerprint density at radius 1 is 1.00 bits per heavy atom. The highest BCUT2D eigenvalue weighted by Crippen LogP contribution is 2.68. The normalized spacial score (nSPS) is 51.2. The van der Waals surface area contributed by atoms with Crippen molar-refractivity contribution in [2.75, 3.05) is 0 Å². The van der Waals surface area contributed by atoms with Gasteiger partial charge < -0.3 is 10.2 Å². The highest BCUT2D eigenvalue weighted by Gasteiger charge is 2.61. The Bertz CT molecular complexity index is 651. The van der Waals surface area contributed by atoms with Gasteiger partial charge in [0.25, 0.3) is 0 Å². The van der Waals surface area contributed by atoms with Crippen molar-refractivity contribution >= 4 is 0 Å². The topological polar surface area (TPSA) is 40.5 Å². The summed E-state index contributed by atoms with van der Waals surface area (Å²) in [5.74, 6) is 4.89. The molecule has 172 valence electrons. The molecule has 0 radical (unpaired) electrons. The predicted octanol–water partition coefficient (Wildman–Crippen LogP) is 6.75. The van der Waals surface area contributed by atoms with Crippen LogP contribution in [0.5, 0.6) is 0 Å². The molecule has 4 saturated carbocycles. The highest BCUT2D eigenvalue weighted by atomic mass is 16.3. The van der Waals surface area contributed by atoms with Gasteiger partial charge >= 0.3 is 0 Å². The van der Waals surface area contributed by atoms with E-state index in [2.05, 4.69) is 34.3 Å². The molecule has 0 spiro atoms. The lowest BCUT2D eigenvalue weighted by atomic mass is 9.43. The fourth-order valence-corrected chi connectivity index (χ4v) is 9.23. The quantitative estimate of drug-likeness (QED) is 0.487. The van der Waals surface area contributed by atoms with Crippen LogP contribution in [-0.2, 0) is 0 Å². The lowest BCUT2D eigenvalue weighted by Crippen LogP contribution is -2.55. The van der Waals surface area contributed by atoms with Crippen LogP contribution in [0.1, 0.15) is 105 Å². The van der Waals surface area contributed by atoms with Gasteiger partial charge in [0.05, 0.1) is 11.2 Å². The zero-order valence-corrected chi connectivity index (χ0v) is 20.4. The summed E-state index contributed by atoms with van der Waals surface area (Å²) in [7, 11) is 0. The summed E-state index contributed by atoms with van der Waals surface area (Å²) >= 11 is 0. The first-order chi connectivity index (χ1) is 13.9. The fraction of sp³-hybridized carbons (Fsp3) is 0.929. The smallest absolute Gasteiger partial charge is 0.0797 e. The van der Waals surface area contributed by atoms with Crippen molar-refractivity contribution in [1.82, 2.24) is 0 Å². The predicted molar refractivity (Wildman–Crippen MR) is 125 cm³/mol. The second-order valence-corrected chi connectivity index (χ2v) is 13.2. The number of fused-ring (bicyclic) bond motifs is 5.